The molecule has 0 radical (unpaired) electrons. The molecule has 3 rings (SSSR count). The SMILES string of the molecule is Clc1ccc2c(c1)/C(=C\CBr)c1ccccc1CS2. The number of benzene rings is 2. The van der Waals surface area contributed by atoms with Gasteiger partial charge < -0.3 is 0 Å². The second-order valence-corrected chi connectivity index (χ2v) is 6.46. The van der Waals surface area contributed by atoms with Gasteiger partial charge in [-0.1, -0.05) is 57.9 Å². The summed E-state index contributed by atoms with van der Waals surface area (Å²) in [6.45, 7) is 0. The summed E-state index contributed by atoms with van der Waals surface area (Å²) in [6, 6.07) is 14.8. The van der Waals surface area contributed by atoms with Crippen LogP contribution in [0.5, 0.6) is 0 Å². The molecule has 0 N–H and O–H groups in total. The highest BCUT2D eigenvalue weighted by Gasteiger charge is 2.18. The largest absolute Gasteiger partial charge is 0.121 e. The van der Waals surface area contributed by atoms with Gasteiger partial charge in [0.15, 0.2) is 0 Å². The van der Waals surface area contributed by atoms with Crippen molar-refractivity contribution in [1.29, 1.82) is 0 Å². The molecule has 2 aromatic carbocycles. The quantitative estimate of drug-likeness (QED) is 0.587. The average molecular weight is 352 g/mol. The van der Waals surface area contributed by atoms with Crippen molar-refractivity contribution in [3.05, 3.63) is 70.3 Å². The van der Waals surface area contributed by atoms with Crippen LogP contribution in [0.1, 0.15) is 16.7 Å². The summed E-state index contributed by atoms with van der Waals surface area (Å²) in [6.07, 6.45) is 2.22. The standard InChI is InChI=1S/C16H12BrClS/c17-8-7-14-13-4-2-1-3-11(13)10-19-16-6-5-12(18)9-15(14)16/h1-7,9H,8,10H2/b14-7-. The molecular formula is C16H12BrClS. The molecule has 0 spiro atoms. The van der Waals surface area contributed by atoms with Crippen LogP contribution in [0.2, 0.25) is 5.02 Å². The number of rotatable bonds is 1. The van der Waals surface area contributed by atoms with E-state index in [1.807, 2.05) is 17.8 Å². The van der Waals surface area contributed by atoms with Crippen molar-refractivity contribution in [3.8, 4) is 0 Å². The molecule has 0 fully saturated rings. The molecular weight excluding hydrogens is 340 g/mol. The van der Waals surface area contributed by atoms with Crippen LogP contribution in [-0.2, 0) is 5.75 Å². The van der Waals surface area contributed by atoms with E-state index < -0.39 is 0 Å². The molecule has 0 bridgehead atoms. The topological polar surface area (TPSA) is 0 Å². The fourth-order valence-electron chi connectivity index (χ4n) is 2.35. The molecule has 2 aromatic rings. The molecule has 1 aliphatic rings. The van der Waals surface area contributed by atoms with Gasteiger partial charge in [0.2, 0.25) is 0 Å². The van der Waals surface area contributed by atoms with Crippen molar-refractivity contribution in [1.82, 2.24) is 0 Å². The summed E-state index contributed by atoms with van der Waals surface area (Å²) in [5.41, 5.74) is 5.21. The molecule has 19 heavy (non-hydrogen) atoms. The Morgan fingerprint density at radius 2 is 2.00 bits per heavy atom. The van der Waals surface area contributed by atoms with Crippen molar-refractivity contribution >= 4 is 44.9 Å². The minimum absolute atomic E-state index is 0.791. The minimum Gasteiger partial charge on any atom is -0.121 e. The normalized spacial score (nSPS) is 15.8. The van der Waals surface area contributed by atoms with Crippen molar-refractivity contribution in [2.45, 2.75) is 10.6 Å². The maximum absolute atomic E-state index is 6.17. The van der Waals surface area contributed by atoms with E-state index in [1.54, 1.807) is 0 Å². The smallest absolute Gasteiger partial charge is 0.0412 e. The number of hydrogen-bond donors (Lipinski definition) is 0. The predicted octanol–water partition coefficient (Wildman–Crippen LogP) is 5.77. The zero-order valence-corrected chi connectivity index (χ0v) is 13.4. The number of hydrogen-bond acceptors (Lipinski definition) is 1. The Hall–Kier alpha value is -0.700. The fraction of sp³-hybridized carbons (Fsp3) is 0.125. The van der Waals surface area contributed by atoms with Gasteiger partial charge in [-0.2, -0.15) is 0 Å². The lowest BCUT2D eigenvalue weighted by atomic mass is 9.94. The van der Waals surface area contributed by atoms with Gasteiger partial charge in [0.05, 0.1) is 0 Å². The molecule has 0 aliphatic carbocycles. The summed E-state index contributed by atoms with van der Waals surface area (Å²) >= 11 is 11.6. The van der Waals surface area contributed by atoms with Gasteiger partial charge in [0.25, 0.3) is 0 Å². The Labute approximate surface area is 131 Å². The van der Waals surface area contributed by atoms with Gasteiger partial charge in [-0.25, -0.2) is 0 Å². The summed E-state index contributed by atoms with van der Waals surface area (Å²) in [7, 11) is 0. The highest BCUT2D eigenvalue weighted by Crippen LogP contribution is 2.41. The Morgan fingerprint density at radius 1 is 1.16 bits per heavy atom. The minimum atomic E-state index is 0.791. The third kappa shape index (κ3) is 2.62. The maximum Gasteiger partial charge on any atom is 0.0412 e. The molecule has 1 heterocycles. The molecule has 3 heteroatoms. The second-order valence-electron chi connectivity index (χ2n) is 4.36. The van der Waals surface area contributed by atoms with Crippen LogP contribution < -0.4 is 0 Å². The highest BCUT2D eigenvalue weighted by atomic mass is 79.9. The number of fused-ring (bicyclic) bond motifs is 2. The molecule has 0 unspecified atom stereocenters. The Bertz CT molecular complexity index is 649. The lowest BCUT2D eigenvalue weighted by Crippen LogP contribution is -1.92. The molecule has 1 aliphatic heterocycles. The molecule has 0 aromatic heterocycles. The first-order valence-electron chi connectivity index (χ1n) is 6.06. The summed E-state index contributed by atoms with van der Waals surface area (Å²) in [4.78, 5) is 1.30. The lowest BCUT2D eigenvalue weighted by molar-refractivity contribution is 1.38. The molecule has 96 valence electrons. The number of allylic oxidation sites excluding steroid dienone is 1. The van der Waals surface area contributed by atoms with Gasteiger partial charge in [-0.05, 0) is 40.5 Å². The van der Waals surface area contributed by atoms with Crippen LogP contribution >= 0.6 is 39.3 Å². The van der Waals surface area contributed by atoms with E-state index in [9.17, 15) is 0 Å². The van der Waals surface area contributed by atoms with E-state index in [-0.39, 0.29) is 0 Å². The van der Waals surface area contributed by atoms with Crippen molar-refractivity contribution in [2.75, 3.05) is 5.33 Å². The van der Waals surface area contributed by atoms with Gasteiger partial charge in [-0.3, -0.25) is 0 Å². The fourth-order valence-corrected chi connectivity index (χ4v) is 3.89. The van der Waals surface area contributed by atoms with E-state index in [0.717, 1.165) is 16.1 Å². The third-order valence-electron chi connectivity index (χ3n) is 3.20. The Balaban J connectivity index is 2.26. The summed E-state index contributed by atoms with van der Waals surface area (Å²) in [5.74, 6) is 1.00. The number of thioether (sulfide) groups is 1. The van der Waals surface area contributed by atoms with E-state index in [4.69, 9.17) is 11.6 Å². The van der Waals surface area contributed by atoms with Crippen LogP contribution in [0.3, 0.4) is 0 Å². The van der Waals surface area contributed by atoms with Crippen LogP contribution in [0, 0.1) is 0 Å². The first-order chi connectivity index (χ1) is 9.29. The Morgan fingerprint density at radius 3 is 2.84 bits per heavy atom. The molecule has 0 saturated heterocycles. The van der Waals surface area contributed by atoms with Crippen LogP contribution in [-0.4, -0.2) is 5.33 Å². The summed E-state index contributed by atoms with van der Waals surface area (Å²) < 4.78 is 0. The first-order valence-corrected chi connectivity index (χ1v) is 8.55. The first kappa shape index (κ1) is 13.3. The molecule has 0 saturated carbocycles. The summed E-state index contributed by atoms with van der Waals surface area (Å²) in [5, 5.41) is 1.63. The zero-order valence-electron chi connectivity index (χ0n) is 10.2. The predicted molar refractivity (Wildman–Crippen MR) is 88.3 cm³/mol. The van der Waals surface area contributed by atoms with E-state index in [0.29, 0.717) is 0 Å². The van der Waals surface area contributed by atoms with E-state index >= 15 is 0 Å². The number of halogens is 2. The van der Waals surface area contributed by atoms with Gasteiger partial charge >= 0.3 is 0 Å². The lowest BCUT2D eigenvalue weighted by Gasteiger charge is -2.11. The van der Waals surface area contributed by atoms with Crippen molar-refractivity contribution < 1.29 is 0 Å². The Kier molecular flexibility index (Phi) is 4.01. The van der Waals surface area contributed by atoms with Crippen LogP contribution in [0.15, 0.2) is 53.4 Å². The second kappa shape index (κ2) is 5.74. The van der Waals surface area contributed by atoms with Crippen molar-refractivity contribution in [2.24, 2.45) is 0 Å². The number of alkyl halides is 1. The van der Waals surface area contributed by atoms with Crippen molar-refractivity contribution in [3.63, 3.8) is 0 Å². The van der Waals surface area contributed by atoms with E-state index in [1.165, 1.54) is 27.2 Å². The monoisotopic (exact) mass is 350 g/mol. The highest BCUT2D eigenvalue weighted by molar-refractivity contribution is 9.09. The average Bonchev–Trinajstić information content (AvgIpc) is 2.58. The van der Waals surface area contributed by atoms with Gasteiger partial charge in [0.1, 0.15) is 0 Å². The van der Waals surface area contributed by atoms with Gasteiger partial charge in [0, 0.05) is 21.0 Å². The van der Waals surface area contributed by atoms with E-state index in [2.05, 4.69) is 58.4 Å². The van der Waals surface area contributed by atoms with Crippen LogP contribution in [0.25, 0.3) is 5.57 Å². The third-order valence-corrected chi connectivity index (χ3v) is 4.88. The molecule has 0 amide bonds. The molecule has 0 atom stereocenters. The van der Waals surface area contributed by atoms with Crippen LogP contribution in [0.4, 0.5) is 0 Å². The zero-order chi connectivity index (χ0) is 13.2. The van der Waals surface area contributed by atoms with Gasteiger partial charge in [-0.15, -0.1) is 11.8 Å². The maximum atomic E-state index is 6.17. The molecule has 0 nitrogen and oxygen atoms in total.